The van der Waals surface area contributed by atoms with Crippen molar-refractivity contribution in [1.82, 2.24) is 14.6 Å². The maximum absolute atomic E-state index is 12.0. The van der Waals surface area contributed by atoms with E-state index >= 15 is 0 Å². The van der Waals surface area contributed by atoms with Gasteiger partial charge in [-0.1, -0.05) is 17.7 Å². The van der Waals surface area contributed by atoms with E-state index in [1.54, 1.807) is 24.3 Å². The fraction of sp³-hybridized carbons (Fsp3) is 0.231. The number of nitrogens with zero attached hydrogens (tertiary/aromatic N) is 3. The summed E-state index contributed by atoms with van der Waals surface area (Å²) in [6.45, 7) is 5.58. The molecule has 0 amide bonds. The maximum atomic E-state index is 12.0. The van der Waals surface area contributed by atoms with Gasteiger partial charge in [0.2, 0.25) is 0 Å². The van der Waals surface area contributed by atoms with Crippen molar-refractivity contribution in [2.24, 2.45) is 5.10 Å². The molecule has 0 saturated heterocycles. The number of hydrogen-bond donors (Lipinski definition) is 1. The van der Waals surface area contributed by atoms with E-state index in [1.807, 2.05) is 26.8 Å². The van der Waals surface area contributed by atoms with Gasteiger partial charge in [-0.15, -0.1) is 5.10 Å². The van der Waals surface area contributed by atoms with Gasteiger partial charge in [-0.3, -0.25) is 4.72 Å². The van der Waals surface area contributed by atoms with Gasteiger partial charge < -0.3 is 0 Å². The Hall–Kier alpha value is -2.15. The fourth-order valence-corrected chi connectivity index (χ4v) is 2.48. The van der Waals surface area contributed by atoms with E-state index < -0.39 is 10.0 Å². The first kappa shape index (κ1) is 14.3. The molecule has 0 atom stereocenters. The van der Waals surface area contributed by atoms with Crippen LogP contribution in [0.15, 0.2) is 40.3 Å². The Balaban J connectivity index is 2.13. The molecule has 0 bridgehead atoms. The number of hydrogen-bond acceptors (Lipinski definition) is 4. The summed E-state index contributed by atoms with van der Waals surface area (Å²) in [4.78, 5) is 1.57. The van der Waals surface area contributed by atoms with E-state index in [-0.39, 0.29) is 4.90 Å². The van der Waals surface area contributed by atoms with Gasteiger partial charge in [0, 0.05) is 0 Å². The van der Waals surface area contributed by atoms with Gasteiger partial charge in [-0.2, -0.15) is 9.89 Å². The third kappa shape index (κ3) is 3.24. The minimum Gasteiger partial charge on any atom is -0.268 e. The van der Waals surface area contributed by atoms with Gasteiger partial charge in [-0.25, -0.2) is 8.42 Å². The largest absolute Gasteiger partial charge is 0.268 e. The molecule has 7 heteroatoms. The van der Waals surface area contributed by atoms with E-state index in [2.05, 4.69) is 14.9 Å². The van der Waals surface area contributed by atoms with Gasteiger partial charge in [0.15, 0.2) is 0 Å². The van der Waals surface area contributed by atoms with Crippen molar-refractivity contribution in [3.63, 3.8) is 0 Å². The summed E-state index contributed by atoms with van der Waals surface area (Å²) >= 11 is 0. The SMILES string of the molecule is Cc1ccc(S(=O)(=O)N/C=N/n2nc(C)cc2C)cc1. The molecule has 2 rings (SSSR count). The molecular weight excluding hydrogens is 276 g/mol. The first-order chi connectivity index (χ1) is 9.38. The molecule has 6 nitrogen and oxygen atoms in total. The Kier molecular flexibility index (Phi) is 3.89. The van der Waals surface area contributed by atoms with Crippen molar-refractivity contribution in [1.29, 1.82) is 0 Å². The van der Waals surface area contributed by atoms with Crippen molar-refractivity contribution in [3.05, 3.63) is 47.3 Å². The van der Waals surface area contributed by atoms with Gasteiger partial charge >= 0.3 is 0 Å². The molecule has 1 aromatic carbocycles. The van der Waals surface area contributed by atoms with Gasteiger partial charge in [0.25, 0.3) is 10.0 Å². The van der Waals surface area contributed by atoms with E-state index in [4.69, 9.17) is 0 Å². The lowest BCUT2D eigenvalue weighted by Crippen LogP contribution is -2.22. The highest BCUT2D eigenvalue weighted by atomic mass is 32.2. The highest BCUT2D eigenvalue weighted by Gasteiger charge is 2.11. The summed E-state index contributed by atoms with van der Waals surface area (Å²) in [5, 5.41) is 8.04. The van der Waals surface area contributed by atoms with Crippen molar-refractivity contribution < 1.29 is 8.42 Å². The number of benzene rings is 1. The smallest absolute Gasteiger partial charge is 0.262 e. The van der Waals surface area contributed by atoms with E-state index in [0.29, 0.717) is 0 Å². The van der Waals surface area contributed by atoms with E-state index in [1.165, 1.54) is 4.79 Å². The van der Waals surface area contributed by atoms with Crippen LogP contribution < -0.4 is 4.72 Å². The number of aromatic nitrogens is 2. The Labute approximate surface area is 118 Å². The molecule has 1 N–H and O–H groups in total. The summed E-state index contributed by atoms with van der Waals surface area (Å²) < 4.78 is 26.3. The van der Waals surface area contributed by atoms with Crippen molar-refractivity contribution in [2.45, 2.75) is 25.7 Å². The Morgan fingerprint density at radius 2 is 1.85 bits per heavy atom. The van der Waals surface area contributed by atoms with Gasteiger partial charge in [0.1, 0.15) is 6.34 Å². The molecule has 0 unspecified atom stereocenters. The zero-order valence-electron chi connectivity index (χ0n) is 11.5. The molecule has 0 radical (unpaired) electrons. The molecular formula is C13H16N4O2S. The summed E-state index contributed by atoms with van der Waals surface area (Å²) in [5.74, 6) is 0. The molecule has 1 heterocycles. The number of rotatable bonds is 4. The number of nitrogens with one attached hydrogen (secondary N) is 1. The van der Waals surface area contributed by atoms with Crippen LogP contribution in [0.5, 0.6) is 0 Å². The molecule has 0 saturated carbocycles. The summed E-state index contributed by atoms with van der Waals surface area (Å²) in [6, 6.07) is 8.44. The lowest BCUT2D eigenvalue weighted by atomic mass is 10.2. The Bertz CT molecular complexity index is 730. The minimum absolute atomic E-state index is 0.197. The highest BCUT2D eigenvalue weighted by molar-refractivity contribution is 7.90. The second kappa shape index (κ2) is 5.46. The second-order valence-electron chi connectivity index (χ2n) is 4.50. The molecule has 0 spiro atoms. The molecule has 0 fully saturated rings. The maximum Gasteiger partial charge on any atom is 0.262 e. The standard InChI is InChI=1S/C13H16N4O2S/c1-10-4-6-13(7-5-10)20(18,19)15-9-14-17-12(3)8-11(2)16-17/h4-9H,1-3H3,(H,14,15). The molecule has 20 heavy (non-hydrogen) atoms. The second-order valence-corrected chi connectivity index (χ2v) is 6.21. The zero-order valence-corrected chi connectivity index (χ0v) is 12.3. The quantitative estimate of drug-likeness (QED) is 0.686. The highest BCUT2D eigenvalue weighted by Crippen LogP contribution is 2.09. The van der Waals surface area contributed by atoms with Crippen LogP contribution in [0, 0.1) is 20.8 Å². The minimum atomic E-state index is -3.59. The third-order valence-electron chi connectivity index (χ3n) is 2.69. The normalized spacial score (nSPS) is 11.9. The summed E-state index contributed by atoms with van der Waals surface area (Å²) in [7, 11) is -3.59. The Morgan fingerprint density at radius 1 is 1.20 bits per heavy atom. The molecule has 0 aliphatic carbocycles. The Morgan fingerprint density at radius 3 is 2.40 bits per heavy atom. The first-order valence-electron chi connectivity index (χ1n) is 6.03. The van der Waals surface area contributed by atoms with E-state index in [9.17, 15) is 8.42 Å². The average molecular weight is 292 g/mol. The van der Waals surface area contributed by atoms with Crippen LogP contribution >= 0.6 is 0 Å². The van der Waals surface area contributed by atoms with Crippen LogP contribution in [0.1, 0.15) is 17.0 Å². The molecule has 2 aromatic rings. The molecule has 0 aliphatic rings. The lowest BCUT2D eigenvalue weighted by Gasteiger charge is -2.03. The molecule has 0 aliphatic heterocycles. The predicted molar refractivity (Wildman–Crippen MR) is 77.1 cm³/mol. The van der Waals surface area contributed by atoms with Gasteiger partial charge in [-0.05, 0) is 39.0 Å². The predicted octanol–water partition coefficient (Wildman–Crippen LogP) is 1.58. The third-order valence-corrected chi connectivity index (χ3v) is 4.00. The van der Waals surface area contributed by atoms with Crippen LogP contribution in [0.4, 0.5) is 0 Å². The average Bonchev–Trinajstić information content (AvgIpc) is 2.68. The first-order valence-corrected chi connectivity index (χ1v) is 7.52. The monoisotopic (exact) mass is 292 g/mol. The number of sulfonamides is 1. The molecule has 1 aromatic heterocycles. The lowest BCUT2D eigenvalue weighted by molar-refractivity contribution is 0.592. The van der Waals surface area contributed by atoms with E-state index in [0.717, 1.165) is 23.3 Å². The summed E-state index contributed by atoms with van der Waals surface area (Å²) in [5.41, 5.74) is 2.65. The van der Waals surface area contributed by atoms with Crippen molar-refractivity contribution in [3.8, 4) is 0 Å². The van der Waals surface area contributed by atoms with Crippen LogP contribution in [-0.2, 0) is 10.0 Å². The zero-order chi connectivity index (χ0) is 14.8. The van der Waals surface area contributed by atoms with Gasteiger partial charge in [0.05, 0.1) is 16.3 Å². The van der Waals surface area contributed by atoms with Crippen LogP contribution in [0.3, 0.4) is 0 Å². The topological polar surface area (TPSA) is 76.3 Å². The van der Waals surface area contributed by atoms with Crippen molar-refractivity contribution in [2.75, 3.05) is 0 Å². The van der Waals surface area contributed by atoms with Crippen molar-refractivity contribution >= 4 is 16.4 Å². The molecule has 106 valence electrons. The summed E-state index contributed by atoms with van der Waals surface area (Å²) in [6.07, 6.45) is 1.12. The van der Waals surface area contributed by atoms with Crippen LogP contribution in [-0.4, -0.2) is 24.6 Å². The number of aryl methyl sites for hydroxylation is 3. The van der Waals surface area contributed by atoms with Crippen LogP contribution in [0.25, 0.3) is 0 Å². The van der Waals surface area contributed by atoms with Crippen LogP contribution in [0.2, 0.25) is 0 Å². The fourth-order valence-electron chi connectivity index (χ4n) is 1.67.